The Morgan fingerprint density at radius 3 is 2.63 bits per heavy atom. The minimum atomic E-state index is -1.28. The van der Waals surface area contributed by atoms with Crippen LogP contribution in [-0.2, 0) is 4.79 Å². The van der Waals surface area contributed by atoms with Gasteiger partial charge >= 0.3 is 5.97 Å². The molecule has 1 aromatic heterocycles. The second-order valence-electron chi connectivity index (χ2n) is 4.10. The fraction of sp³-hybridized carbons (Fsp3) is 0.231. The number of aliphatic carboxylic acids is 1. The molecule has 6 heteroatoms. The van der Waals surface area contributed by atoms with Gasteiger partial charge in [0.15, 0.2) is 6.04 Å². The van der Waals surface area contributed by atoms with Gasteiger partial charge in [0.05, 0.1) is 11.5 Å². The molecule has 1 aromatic carbocycles. The number of carboxylic acid groups (broad SMARTS) is 1. The number of hydrogen-bond donors (Lipinski definition) is 3. The lowest BCUT2D eigenvalue weighted by Gasteiger charge is -2.10. The molecule has 0 spiro atoms. The van der Waals surface area contributed by atoms with Crippen molar-refractivity contribution in [3.8, 4) is 0 Å². The second kappa shape index (κ2) is 5.38. The van der Waals surface area contributed by atoms with Crippen molar-refractivity contribution >= 4 is 33.3 Å². The summed E-state index contributed by atoms with van der Waals surface area (Å²) < 4.78 is 0.973. The normalized spacial score (nSPS) is 12.3. The number of nitrogens with one attached hydrogen (secondary N) is 1. The van der Waals surface area contributed by atoms with E-state index in [1.807, 2.05) is 31.2 Å². The largest absolute Gasteiger partial charge is 0.480 e. The predicted octanol–water partition coefficient (Wildman–Crippen LogP) is 1.39. The van der Waals surface area contributed by atoms with Gasteiger partial charge in [0.2, 0.25) is 0 Å². The van der Waals surface area contributed by atoms with Crippen LogP contribution in [0.4, 0.5) is 0 Å². The Hall–Kier alpha value is -1.92. The van der Waals surface area contributed by atoms with Crippen LogP contribution in [0, 0.1) is 6.92 Å². The molecule has 2 aromatic rings. The van der Waals surface area contributed by atoms with E-state index >= 15 is 0 Å². The maximum Gasteiger partial charge on any atom is 0.328 e. The lowest BCUT2D eigenvalue weighted by atomic mass is 10.1. The highest BCUT2D eigenvalue weighted by Crippen LogP contribution is 2.30. The van der Waals surface area contributed by atoms with E-state index in [-0.39, 0.29) is 0 Å². The minimum absolute atomic E-state index is 0.472. The number of thiophene rings is 1. The average Bonchev–Trinajstić information content (AvgIpc) is 2.73. The minimum Gasteiger partial charge on any atom is -0.480 e. The van der Waals surface area contributed by atoms with E-state index in [1.165, 1.54) is 11.3 Å². The van der Waals surface area contributed by atoms with Crippen molar-refractivity contribution in [3.05, 3.63) is 34.7 Å². The molecule has 5 nitrogen and oxygen atoms in total. The highest BCUT2D eigenvalue weighted by Gasteiger charge is 2.22. The van der Waals surface area contributed by atoms with Crippen LogP contribution in [0.5, 0.6) is 0 Å². The van der Waals surface area contributed by atoms with Crippen LogP contribution < -0.4 is 5.32 Å². The molecule has 0 bridgehead atoms. The molecular weight excluding hydrogens is 266 g/mol. The van der Waals surface area contributed by atoms with Crippen LogP contribution in [0.2, 0.25) is 0 Å². The van der Waals surface area contributed by atoms with Crippen LogP contribution in [0.1, 0.15) is 15.2 Å². The fourth-order valence-corrected chi connectivity index (χ4v) is 2.91. The summed E-state index contributed by atoms with van der Waals surface area (Å²) in [5, 5.41) is 21.0. The average molecular weight is 279 g/mol. The van der Waals surface area contributed by atoms with E-state index in [0.29, 0.717) is 4.88 Å². The molecule has 0 aliphatic carbocycles. The number of aliphatic hydroxyl groups is 1. The van der Waals surface area contributed by atoms with Gasteiger partial charge < -0.3 is 15.5 Å². The number of amides is 1. The molecule has 0 saturated carbocycles. The lowest BCUT2D eigenvalue weighted by Crippen LogP contribution is -2.43. The van der Waals surface area contributed by atoms with E-state index in [9.17, 15) is 9.59 Å². The van der Waals surface area contributed by atoms with Crippen molar-refractivity contribution in [2.75, 3.05) is 6.61 Å². The van der Waals surface area contributed by atoms with Crippen molar-refractivity contribution < 1.29 is 19.8 Å². The Kier molecular flexibility index (Phi) is 3.82. The van der Waals surface area contributed by atoms with Crippen LogP contribution in [-0.4, -0.2) is 34.7 Å². The maximum absolute atomic E-state index is 12.0. The van der Waals surface area contributed by atoms with E-state index in [2.05, 4.69) is 5.32 Å². The molecule has 3 N–H and O–H groups in total. The van der Waals surface area contributed by atoms with Gasteiger partial charge in [-0.15, -0.1) is 11.3 Å². The smallest absolute Gasteiger partial charge is 0.328 e. The number of carboxylic acids is 1. The number of aliphatic hydroxyl groups excluding tert-OH is 1. The number of carbonyl (C=O) groups is 2. The zero-order valence-corrected chi connectivity index (χ0v) is 11.0. The number of hydrogen-bond acceptors (Lipinski definition) is 4. The molecule has 0 fully saturated rings. The predicted molar refractivity (Wildman–Crippen MR) is 72.5 cm³/mol. The lowest BCUT2D eigenvalue weighted by molar-refractivity contribution is -0.140. The molecule has 1 atom stereocenters. The Balaban J connectivity index is 2.31. The van der Waals surface area contributed by atoms with E-state index in [0.717, 1.165) is 15.6 Å². The first-order valence-electron chi connectivity index (χ1n) is 5.67. The Bertz CT molecular complexity index is 635. The summed E-state index contributed by atoms with van der Waals surface area (Å²) >= 11 is 1.31. The molecular formula is C13H13NO4S. The SMILES string of the molecule is Cc1c(C(=O)NC(CO)C(=O)O)sc2ccccc12. The molecule has 0 radical (unpaired) electrons. The van der Waals surface area contributed by atoms with Crippen LogP contribution >= 0.6 is 11.3 Å². The third-order valence-corrected chi connectivity index (χ3v) is 4.11. The molecule has 19 heavy (non-hydrogen) atoms. The topological polar surface area (TPSA) is 86.6 Å². The van der Waals surface area contributed by atoms with Gasteiger partial charge in [-0.3, -0.25) is 4.79 Å². The van der Waals surface area contributed by atoms with Crippen molar-refractivity contribution in [1.29, 1.82) is 0 Å². The molecule has 0 aliphatic rings. The Labute approximate surface area is 113 Å². The van der Waals surface area contributed by atoms with Gasteiger partial charge in [-0.05, 0) is 23.9 Å². The summed E-state index contributed by atoms with van der Waals surface area (Å²) in [4.78, 5) is 23.3. The van der Waals surface area contributed by atoms with Crippen molar-refractivity contribution in [1.82, 2.24) is 5.32 Å². The molecule has 1 unspecified atom stereocenters. The molecule has 100 valence electrons. The monoisotopic (exact) mass is 279 g/mol. The Morgan fingerprint density at radius 2 is 2.05 bits per heavy atom. The summed E-state index contributed by atoms with van der Waals surface area (Å²) in [7, 11) is 0. The van der Waals surface area contributed by atoms with Gasteiger partial charge in [0.25, 0.3) is 5.91 Å². The van der Waals surface area contributed by atoms with Crippen LogP contribution in [0.25, 0.3) is 10.1 Å². The number of fused-ring (bicyclic) bond motifs is 1. The first kappa shape index (κ1) is 13.5. The van der Waals surface area contributed by atoms with E-state index in [4.69, 9.17) is 10.2 Å². The summed E-state index contributed by atoms with van der Waals surface area (Å²) in [6.45, 7) is 1.19. The van der Waals surface area contributed by atoms with Gasteiger partial charge in [-0.2, -0.15) is 0 Å². The third kappa shape index (κ3) is 2.59. The van der Waals surface area contributed by atoms with Crippen molar-refractivity contribution in [3.63, 3.8) is 0 Å². The van der Waals surface area contributed by atoms with Gasteiger partial charge in [-0.25, -0.2) is 4.79 Å². The Morgan fingerprint density at radius 1 is 1.37 bits per heavy atom. The summed E-state index contributed by atoms with van der Waals surface area (Å²) in [6, 6.07) is 6.31. The van der Waals surface area contributed by atoms with Crippen molar-refractivity contribution in [2.45, 2.75) is 13.0 Å². The third-order valence-electron chi connectivity index (χ3n) is 2.84. The van der Waals surface area contributed by atoms with E-state index < -0.39 is 24.5 Å². The highest BCUT2D eigenvalue weighted by atomic mass is 32.1. The zero-order chi connectivity index (χ0) is 14.0. The first-order chi connectivity index (χ1) is 9.04. The number of rotatable bonds is 4. The fourth-order valence-electron chi connectivity index (χ4n) is 1.80. The van der Waals surface area contributed by atoms with Crippen molar-refractivity contribution in [2.24, 2.45) is 0 Å². The summed E-state index contributed by atoms with van der Waals surface area (Å²) in [5.41, 5.74) is 0.820. The van der Waals surface area contributed by atoms with Crippen LogP contribution in [0.15, 0.2) is 24.3 Å². The zero-order valence-electron chi connectivity index (χ0n) is 10.2. The van der Waals surface area contributed by atoms with Crippen LogP contribution in [0.3, 0.4) is 0 Å². The molecule has 1 amide bonds. The standard InChI is InChI=1S/C13H13NO4S/c1-7-8-4-2-3-5-10(8)19-11(7)12(16)14-9(6-15)13(17)18/h2-5,9,15H,6H2,1H3,(H,14,16)(H,17,18). The second-order valence-corrected chi connectivity index (χ2v) is 5.15. The first-order valence-corrected chi connectivity index (χ1v) is 6.49. The number of aryl methyl sites for hydroxylation is 1. The quantitative estimate of drug-likeness (QED) is 0.789. The summed E-state index contributed by atoms with van der Waals surface area (Å²) in [5.74, 6) is -1.73. The van der Waals surface area contributed by atoms with E-state index in [1.54, 1.807) is 0 Å². The highest BCUT2D eigenvalue weighted by molar-refractivity contribution is 7.21. The van der Waals surface area contributed by atoms with Gasteiger partial charge in [0.1, 0.15) is 0 Å². The molecule has 1 heterocycles. The van der Waals surface area contributed by atoms with Gasteiger partial charge in [-0.1, -0.05) is 18.2 Å². The molecule has 0 aliphatic heterocycles. The summed E-state index contributed by atoms with van der Waals surface area (Å²) in [6.07, 6.45) is 0. The molecule has 0 saturated heterocycles. The number of benzene rings is 1. The maximum atomic E-state index is 12.0. The molecule has 2 rings (SSSR count). The van der Waals surface area contributed by atoms with Gasteiger partial charge in [0, 0.05) is 4.70 Å². The number of carbonyl (C=O) groups excluding carboxylic acids is 1.